The third-order valence-corrected chi connectivity index (χ3v) is 3.06. The van der Waals surface area contributed by atoms with E-state index in [9.17, 15) is 4.79 Å². The molecule has 0 bridgehead atoms. The number of fused-ring (bicyclic) bond motifs is 1. The van der Waals surface area contributed by atoms with Gasteiger partial charge in [-0.1, -0.05) is 42.0 Å². The van der Waals surface area contributed by atoms with Gasteiger partial charge in [0.2, 0.25) is 0 Å². The summed E-state index contributed by atoms with van der Waals surface area (Å²) in [5, 5.41) is 0.829. The molecular formula is C17H13NO2. The summed E-state index contributed by atoms with van der Waals surface area (Å²) in [6.07, 6.45) is 1.75. The van der Waals surface area contributed by atoms with Crippen LogP contribution in [0.1, 0.15) is 11.1 Å². The molecule has 0 saturated heterocycles. The number of hydrogen-bond acceptors (Lipinski definition) is 3. The topological polar surface area (TPSA) is 42.6 Å². The van der Waals surface area contributed by atoms with Gasteiger partial charge in [0.1, 0.15) is 5.58 Å². The van der Waals surface area contributed by atoms with Crippen molar-refractivity contribution in [1.29, 1.82) is 0 Å². The minimum Gasteiger partial charge on any atom is -0.423 e. The smallest absolute Gasteiger partial charge is 0.338 e. The highest BCUT2D eigenvalue weighted by Crippen LogP contribution is 2.23. The van der Waals surface area contributed by atoms with Crippen molar-refractivity contribution < 1.29 is 4.42 Å². The van der Waals surface area contributed by atoms with E-state index in [1.807, 2.05) is 49.4 Å². The Labute approximate surface area is 116 Å². The molecule has 3 rings (SSSR count). The van der Waals surface area contributed by atoms with Gasteiger partial charge in [0.15, 0.2) is 0 Å². The molecule has 0 atom stereocenters. The number of aryl methyl sites for hydroxylation is 1. The first-order chi connectivity index (χ1) is 9.72. The summed E-state index contributed by atoms with van der Waals surface area (Å²) in [5.74, 6) is 0. The summed E-state index contributed by atoms with van der Waals surface area (Å²) < 4.78 is 5.14. The van der Waals surface area contributed by atoms with Crippen LogP contribution in [0.3, 0.4) is 0 Å². The molecule has 1 aromatic heterocycles. The molecule has 98 valence electrons. The first-order valence-corrected chi connectivity index (χ1v) is 6.36. The third-order valence-electron chi connectivity index (χ3n) is 3.06. The van der Waals surface area contributed by atoms with Gasteiger partial charge in [-0.15, -0.1) is 0 Å². The van der Waals surface area contributed by atoms with Crippen LogP contribution in [0.2, 0.25) is 0 Å². The first-order valence-electron chi connectivity index (χ1n) is 6.36. The van der Waals surface area contributed by atoms with E-state index in [0.717, 1.165) is 10.9 Å². The monoisotopic (exact) mass is 263 g/mol. The lowest BCUT2D eigenvalue weighted by atomic mass is 10.2. The normalized spacial score (nSPS) is 11.2. The van der Waals surface area contributed by atoms with E-state index in [1.165, 1.54) is 11.6 Å². The summed E-state index contributed by atoms with van der Waals surface area (Å²) in [6.45, 7) is 2.04. The van der Waals surface area contributed by atoms with Crippen LogP contribution in [0.4, 0.5) is 5.69 Å². The van der Waals surface area contributed by atoms with E-state index < -0.39 is 0 Å². The maximum atomic E-state index is 11.5. The maximum absolute atomic E-state index is 11.5. The van der Waals surface area contributed by atoms with E-state index in [0.29, 0.717) is 11.3 Å². The van der Waals surface area contributed by atoms with Crippen LogP contribution in [-0.4, -0.2) is 6.21 Å². The average molecular weight is 263 g/mol. The third kappa shape index (κ3) is 2.52. The molecule has 2 aromatic carbocycles. The highest BCUT2D eigenvalue weighted by molar-refractivity contribution is 5.91. The molecule has 0 N–H and O–H groups in total. The summed E-state index contributed by atoms with van der Waals surface area (Å²) in [7, 11) is 0. The van der Waals surface area contributed by atoms with Crippen molar-refractivity contribution in [1.82, 2.24) is 0 Å². The average Bonchev–Trinajstić information content (AvgIpc) is 2.46. The van der Waals surface area contributed by atoms with Gasteiger partial charge in [0.25, 0.3) is 0 Å². The van der Waals surface area contributed by atoms with Crippen molar-refractivity contribution in [3.8, 4) is 0 Å². The molecule has 0 spiro atoms. The van der Waals surface area contributed by atoms with Crippen molar-refractivity contribution in [2.24, 2.45) is 4.99 Å². The highest BCUT2D eigenvalue weighted by atomic mass is 16.4. The minimum atomic E-state index is -0.389. The molecular weight excluding hydrogens is 250 g/mol. The molecule has 0 aliphatic heterocycles. The molecule has 3 nitrogen and oxygen atoms in total. The van der Waals surface area contributed by atoms with Gasteiger partial charge < -0.3 is 4.42 Å². The Morgan fingerprint density at radius 2 is 1.80 bits per heavy atom. The number of para-hydroxylation sites is 1. The van der Waals surface area contributed by atoms with Crippen molar-refractivity contribution in [2.45, 2.75) is 6.92 Å². The second-order valence-electron chi connectivity index (χ2n) is 4.62. The highest BCUT2D eigenvalue weighted by Gasteiger charge is 2.02. The number of aliphatic imine (C=N–C) groups is 1. The molecule has 0 unspecified atom stereocenters. The van der Waals surface area contributed by atoms with Crippen molar-refractivity contribution >= 4 is 22.9 Å². The molecule has 0 aliphatic carbocycles. The lowest BCUT2D eigenvalue weighted by molar-refractivity contribution is 0.561. The molecule has 0 fully saturated rings. The molecule has 0 aliphatic rings. The van der Waals surface area contributed by atoms with Gasteiger partial charge in [-0.2, -0.15) is 0 Å². The molecule has 0 radical (unpaired) electrons. The molecule has 20 heavy (non-hydrogen) atoms. The summed E-state index contributed by atoms with van der Waals surface area (Å²) in [4.78, 5) is 15.9. The van der Waals surface area contributed by atoms with Gasteiger partial charge in [-0.25, -0.2) is 4.79 Å². The van der Waals surface area contributed by atoms with Gasteiger partial charge in [-0.05, 0) is 24.6 Å². The summed E-state index contributed by atoms with van der Waals surface area (Å²) in [5.41, 5.74) is 2.98. The maximum Gasteiger partial charge on any atom is 0.338 e. The van der Waals surface area contributed by atoms with Crippen LogP contribution in [0, 0.1) is 6.92 Å². The lowest BCUT2D eigenvalue weighted by Gasteiger charge is -2.00. The quantitative estimate of drug-likeness (QED) is 0.520. The fraction of sp³-hybridized carbons (Fsp3) is 0.0588. The summed E-state index contributed by atoms with van der Waals surface area (Å²) >= 11 is 0. The van der Waals surface area contributed by atoms with Crippen LogP contribution in [0.25, 0.3) is 11.0 Å². The molecule has 3 aromatic rings. The fourth-order valence-corrected chi connectivity index (χ4v) is 2.00. The van der Waals surface area contributed by atoms with Crippen LogP contribution >= 0.6 is 0 Å². The molecule has 1 heterocycles. The Hall–Kier alpha value is -2.68. The first kappa shape index (κ1) is 12.4. The summed E-state index contributed by atoms with van der Waals surface area (Å²) in [6, 6.07) is 16.8. The van der Waals surface area contributed by atoms with Crippen LogP contribution < -0.4 is 5.63 Å². The predicted molar refractivity (Wildman–Crippen MR) is 80.9 cm³/mol. The molecule has 0 amide bonds. The van der Waals surface area contributed by atoms with E-state index in [4.69, 9.17) is 4.42 Å². The Morgan fingerprint density at radius 1 is 1.05 bits per heavy atom. The van der Waals surface area contributed by atoms with E-state index >= 15 is 0 Å². The standard InChI is InChI=1S/C17H13NO2/c1-12-6-8-13(9-7-12)11-18-15-10-17(19)20-16-5-3-2-4-14(15)16/h2-11H,1H3. The van der Waals surface area contributed by atoms with Crippen LogP contribution in [-0.2, 0) is 0 Å². The van der Waals surface area contributed by atoms with Crippen LogP contribution in [0.5, 0.6) is 0 Å². The SMILES string of the molecule is Cc1ccc(C=Nc2cc(=O)oc3ccccc23)cc1. The zero-order chi connectivity index (χ0) is 13.9. The number of hydrogen-bond donors (Lipinski definition) is 0. The zero-order valence-corrected chi connectivity index (χ0v) is 11.0. The molecule has 0 saturated carbocycles. The van der Waals surface area contributed by atoms with E-state index in [1.54, 1.807) is 12.3 Å². The Morgan fingerprint density at radius 3 is 2.60 bits per heavy atom. The van der Waals surface area contributed by atoms with Gasteiger partial charge in [-0.3, -0.25) is 4.99 Å². The Balaban J connectivity index is 2.06. The van der Waals surface area contributed by atoms with Crippen LogP contribution in [0.15, 0.2) is 68.8 Å². The Bertz CT molecular complexity index is 829. The van der Waals surface area contributed by atoms with E-state index in [2.05, 4.69) is 4.99 Å². The van der Waals surface area contributed by atoms with Crippen molar-refractivity contribution in [3.05, 3.63) is 76.1 Å². The minimum absolute atomic E-state index is 0.389. The lowest BCUT2D eigenvalue weighted by Crippen LogP contribution is -1.95. The second kappa shape index (κ2) is 5.13. The van der Waals surface area contributed by atoms with Gasteiger partial charge in [0.05, 0.1) is 11.8 Å². The zero-order valence-electron chi connectivity index (χ0n) is 11.0. The number of nitrogens with zero attached hydrogens (tertiary/aromatic N) is 1. The fourth-order valence-electron chi connectivity index (χ4n) is 2.00. The van der Waals surface area contributed by atoms with E-state index in [-0.39, 0.29) is 5.63 Å². The largest absolute Gasteiger partial charge is 0.423 e. The second-order valence-corrected chi connectivity index (χ2v) is 4.62. The Kier molecular flexibility index (Phi) is 3.17. The molecule has 3 heteroatoms. The number of benzene rings is 2. The van der Waals surface area contributed by atoms with Crippen molar-refractivity contribution in [3.63, 3.8) is 0 Å². The number of rotatable bonds is 2. The van der Waals surface area contributed by atoms with Gasteiger partial charge in [0, 0.05) is 11.6 Å². The van der Waals surface area contributed by atoms with Crippen molar-refractivity contribution in [2.75, 3.05) is 0 Å². The predicted octanol–water partition coefficient (Wildman–Crippen LogP) is 3.85. The van der Waals surface area contributed by atoms with Gasteiger partial charge >= 0.3 is 5.63 Å².